The Balaban J connectivity index is 1.31. The van der Waals surface area contributed by atoms with Gasteiger partial charge < -0.3 is 10.2 Å². The van der Waals surface area contributed by atoms with Crippen LogP contribution in [0.1, 0.15) is 41.5 Å². The van der Waals surface area contributed by atoms with Gasteiger partial charge in [0.15, 0.2) is 0 Å². The lowest BCUT2D eigenvalue weighted by molar-refractivity contribution is 0.413. The number of piperidine rings is 1. The van der Waals surface area contributed by atoms with Crippen molar-refractivity contribution in [3.63, 3.8) is 0 Å². The van der Waals surface area contributed by atoms with Gasteiger partial charge in [0.25, 0.3) is 0 Å². The van der Waals surface area contributed by atoms with E-state index in [-0.39, 0.29) is 0 Å². The first-order valence-corrected chi connectivity index (χ1v) is 9.29. The van der Waals surface area contributed by atoms with Gasteiger partial charge in [-0.1, -0.05) is 6.07 Å². The largest absolute Gasteiger partial charge is 0.371 e. The molecule has 1 N–H and O–H groups in total. The summed E-state index contributed by atoms with van der Waals surface area (Å²) in [5.74, 6) is 0. The highest BCUT2D eigenvalue weighted by molar-refractivity contribution is 5.52. The van der Waals surface area contributed by atoms with Crippen molar-refractivity contribution >= 4 is 5.69 Å². The molecule has 0 spiro atoms. The van der Waals surface area contributed by atoms with Crippen LogP contribution in [0.5, 0.6) is 0 Å². The molecular weight excluding hydrogens is 294 g/mol. The number of fused-ring (bicyclic) bond motifs is 1. The molecule has 1 aromatic carbocycles. The number of benzene rings is 1. The third-order valence-electron chi connectivity index (χ3n) is 5.66. The van der Waals surface area contributed by atoms with Gasteiger partial charge in [0.2, 0.25) is 0 Å². The lowest BCUT2D eigenvalue weighted by Gasteiger charge is -2.34. The van der Waals surface area contributed by atoms with E-state index in [0.717, 1.165) is 19.6 Å². The second-order valence-corrected chi connectivity index (χ2v) is 7.25. The summed E-state index contributed by atoms with van der Waals surface area (Å²) in [5, 5.41) is 3.74. The summed E-state index contributed by atoms with van der Waals surface area (Å²) in [4.78, 5) is 6.74. The Morgan fingerprint density at radius 3 is 2.79 bits per heavy atom. The molecule has 3 nitrogen and oxygen atoms in total. The molecule has 4 rings (SSSR count). The standard InChI is InChI=1S/C21H27N3/c1-16-14-22-10-7-19(16)15-23-20-8-11-24(12-9-20)21-6-5-17-3-2-4-18(17)13-21/h5-7,10,13-14,20,23H,2-4,8-9,11-12,15H2,1H3. The highest BCUT2D eigenvalue weighted by Gasteiger charge is 2.20. The Morgan fingerprint density at radius 1 is 1.12 bits per heavy atom. The van der Waals surface area contributed by atoms with Gasteiger partial charge in [-0.05, 0) is 79.5 Å². The molecule has 1 fully saturated rings. The van der Waals surface area contributed by atoms with Crippen molar-refractivity contribution in [2.24, 2.45) is 0 Å². The average Bonchev–Trinajstić information content (AvgIpc) is 3.09. The molecule has 0 radical (unpaired) electrons. The van der Waals surface area contributed by atoms with E-state index in [0.29, 0.717) is 6.04 Å². The van der Waals surface area contributed by atoms with Crippen LogP contribution in [0.15, 0.2) is 36.7 Å². The van der Waals surface area contributed by atoms with Gasteiger partial charge in [0.05, 0.1) is 0 Å². The Bertz CT molecular complexity index is 702. The molecule has 0 bridgehead atoms. The van der Waals surface area contributed by atoms with E-state index in [1.54, 1.807) is 11.1 Å². The van der Waals surface area contributed by atoms with Crippen molar-refractivity contribution < 1.29 is 0 Å². The number of aryl methyl sites for hydroxylation is 3. The van der Waals surface area contributed by atoms with Crippen molar-refractivity contribution in [1.29, 1.82) is 0 Å². The molecule has 1 saturated heterocycles. The first-order valence-electron chi connectivity index (χ1n) is 9.29. The number of aromatic nitrogens is 1. The van der Waals surface area contributed by atoms with Gasteiger partial charge in [-0.15, -0.1) is 0 Å². The molecule has 2 aromatic rings. The van der Waals surface area contributed by atoms with Gasteiger partial charge in [-0.3, -0.25) is 4.98 Å². The minimum Gasteiger partial charge on any atom is -0.371 e. The highest BCUT2D eigenvalue weighted by Crippen LogP contribution is 2.28. The zero-order valence-corrected chi connectivity index (χ0v) is 14.6. The number of pyridine rings is 1. The van der Waals surface area contributed by atoms with Crippen molar-refractivity contribution in [1.82, 2.24) is 10.3 Å². The SMILES string of the molecule is Cc1cnccc1CNC1CCN(c2ccc3c(c2)CCC3)CC1. The minimum atomic E-state index is 0.628. The Labute approximate surface area is 145 Å². The number of hydrogen-bond donors (Lipinski definition) is 1. The van der Waals surface area contributed by atoms with Gasteiger partial charge in [0, 0.05) is 43.8 Å². The van der Waals surface area contributed by atoms with Gasteiger partial charge in [-0.2, -0.15) is 0 Å². The van der Waals surface area contributed by atoms with E-state index in [4.69, 9.17) is 0 Å². The molecule has 3 heteroatoms. The molecule has 0 amide bonds. The molecule has 0 saturated carbocycles. The molecular formula is C21H27N3. The maximum atomic E-state index is 4.17. The second-order valence-electron chi connectivity index (χ2n) is 7.25. The van der Waals surface area contributed by atoms with Crippen molar-refractivity contribution in [3.8, 4) is 0 Å². The lowest BCUT2D eigenvalue weighted by Crippen LogP contribution is -2.42. The topological polar surface area (TPSA) is 28.2 Å². The molecule has 126 valence electrons. The minimum absolute atomic E-state index is 0.628. The van der Waals surface area contributed by atoms with E-state index in [9.17, 15) is 0 Å². The van der Waals surface area contributed by atoms with Crippen molar-refractivity contribution in [3.05, 3.63) is 58.9 Å². The van der Waals surface area contributed by atoms with Crippen LogP contribution in [-0.4, -0.2) is 24.1 Å². The normalized spacial score (nSPS) is 18.0. The molecule has 1 aromatic heterocycles. The molecule has 1 aliphatic carbocycles. The van der Waals surface area contributed by atoms with Crippen LogP contribution in [0, 0.1) is 6.92 Å². The third kappa shape index (κ3) is 3.32. The van der Waals surface area contributed by atoms with Gasteiger partial charge in [-0.25, -0.2) is 0 Å². The first kappa shape index (κ1) is 15.6. The zero-order chi connectivity index (χ0) is 16.4. The smallest absolute Gasteiger partial charge is 0.0369 e. The summed E-state index contributed by atoms with van der Waals surface area (Å²) in [7, 11) is 0. The third-order valence-corrected chi connectivity index (χ3v) is 5.66. The predicted octanol–water partition coefficient (Wildman–Crippen LogP) is 3.64. The number of nitrogens with zero attached hydrogens (tertiary/aromatic N) is 2. The monoisotopic (exact) mass is 321 g/mol. The van der Waals surface area contributed by atoms with E-state index in [1.807, 2.05) is 12.4 Å². The van der Waals surface area contributed by atoms with Crippen LogP contribution in [-0.2, 0) is 19.4 Å². The Kier molecular flexibility index (Phi) is 4.52. The van der Waals surface area contributed by atoms with Crippen LogP contribution in [0.25, 0.3) is 0 Å². The number of hydrogen-bond acceptors (Lipinski definition) is 3. The van der Waals surface area contributed by atoms with Crippen molar-refractivity contribution in [2.45, 2.75) is 51.6 Å². The molecule has 2 aliphatic rings. The highest BCUT2D eigenvalue weighted by atomic mass is 15.1. The summed E-state index contributed by atoms with van der Waals surface area (Å²) in [6.45, 7) is 5.41. The van der Waals surface area contributed by atoms with Crippen LogP contribution in [0.3, 0.4) is 0 Å². The Morgan fingerprint density at radius 2 is 1.96 bits per heavy atom. The van der Waals surface area contributed by atoms with Crippen LogP contribution >= 0.6 is 0 Å². The summed E-state index contributed by atoms with van der Waals surface area (Å²) in [5.41, 5.74) is 7.23. The van der Waals surface area contributed by atoms with Crippen LogP contribution in [0.4, 0.5) is 5.69 Å². The van der Waals surface area contributed by atoms with Gasteiger partial charge >= 0.3 is 0 Å². The fourth-order valence-electron chi connectivity index (χ4n) is 4.05. The van der Waals surface area contributed by atoms with E-state index >= 15 is 0 Å². The fourth-order valence-corrected chi connectivity index (χ4v) is 4.05. The fraction of sp³-hybridized carbons (Fsp3) is 0.476. The Hall–Kier alpha value is -1.87. The summed E-state index contributed by atoms with van der Waals surface area (Å²) in [6, 6.07) is 9.88. The molecule has 1 aliphatic heterocycles. The van der Waals surface area contributed by atoms with E-state index < -0.39 is 0 Å². The lowest BCUT2D eigenvalue weighted by atomic mass is 10.0. The summed E-state index contributed by atoms with van der Waals surface area (Å²) >= 11 is 0. The second kappa shape index (κ2) is 6.94. The molecule has 0 atom stereocenters. The van der Waals surface area contributed by atoms with Crippen molar-refractivity contribution in [2.75, 3.05) is 18.0 Å². The van der Waals surface area contributed by atoms with Crippen LogP contribution < -0.4 is 10.2 Å². The quantitative estimate of drug-likeness (QED) is 0.932. The predicted molar refractivity (Wildman–Crippen MR) is 99.5 cm³/mol. The van der Waals surface area contributed by atoms with E-state index in [1.165, 1.54) is 48.9 Å². The average molecular weight is 321 g/mol. The molecule has 24 heavy (non-hydrogen) atoms. The van der Waals surface area contributed by atoms with Gasteiger partial charge in [0.1, 0.15) is 0 Å². The molecule has 0 unspecified atom stereocenters. The zero-order valence-electron chi connectivity index (χ0n) is 14.6. The van der Waals surface area contributed by atoms with E-state index in [2.05, 4.69) is 46.4 Å². The summed E-state index contributed by atoms with van der Waals surface area (Å²) in [6.07, 6.45) is 10.2. The first-order chi connectivity index (χ1) is 11.8. The maximum absolute atomic E-state index is 4.17. The maximum Gasteiger partial charge on any atom is 0.0369 e. The molecule has 2 heterocycles. The number of anilines is 1. The summed E-state index contributed by atoms with van der Waals surface area (Å²) < 4.78 is 0. The number of rotatable bonds is 4. The number of nitrogens with one attached hydrogen (secondary N) is 1. The van der Waals surface area contributed by atoms with Crippen LogP contribution in [0.2, 0.25) is 0 Å².